The molecule has 1 aromatic heterocycles. The van der Waals surface area contributed by atoms with E-state index >= 15 is 0 Å². The van der Waals surface area contributed by atoms with Gasteiger partial charge >= 0.3 is 0 Å². The van der Waals surface area contributed by atoms with E-state index in [-0.39, 0.29) is 12.0 Å². The van der Waals surface area contributed by atoms with Crippen LogP contribution in [0.25, 0.3) is 0 Å². The second kappa shape index (κ2) is 8.08. The van der Waals surface area contributed by atoms with Crippen LogP contribution in [0, 0.1) is 0 Å². The Hall–Kier alpha value is -1.17. The summed E-state index contributed by atoms with van der Waals surface area (Å²) in [6.07, 6.45) is 6.46. The van der Waals surface area contributed by atoms with Crippen molar-refractivity contribution in [2.45, 2.75) is 38.3 Å². The minimum atomic E-state index is 0.224. The molecule has 0 aliphatic carbocycles. The molecule has 3 rings (SSSR count). The highest BCUT2D eigenvalue weighted by molar-refractivity contribution is 6.29. The van der Waals surface area contributed by atoms with Gasteiger partial charge in [-0.25, -0.2) is 4.98 Å². The number of likely N-dealkylation sites (tertiary alicyclic amines) is 1. The molecule has 23 heavy (non-hydrogen) atoms. The Labute approximate surface area is 142 Å². The maximum atomic E-state index is 12.5. The Morgan fingerprint density at radius 3 is 2.83 bits per heavy atom. The molecule has 0 aromatic carbocycles. The number of ether oxygens (including phenoxy) is 1. The van der Waals surface area contributed by atoms with Crippen LogP contribution in [0.3, 0.4) is 0 Å². The SMILES string of the molecule is O=C(CN(Cc1ccc(Cl)nc1)CC1CCCO1)N1CCCC1. The number of hydrogen-bond donors (Lipinski definition) is 0. The fourth-order valence-electron chi connectivity index (χ4n) is 3.28. The largest absolute Gasteiger partial charge is 0.377 e. The average molecular weight is 338 g/mol. The number of aromatic nitrogens is 1. The van der Waals surface area contributed by atoms with E-state index in [9.17, 15) is 4.79 Å². The van der Waals surface area contributed by atoms with Crippen LogP contribution >= 0.6 is 11.6 Å². The number of pyridine rings is 1. The van der Waals surface area contributed by atoms with Gasteiger partial charge in [0.1, 0.15) is 5.15 Å². The molecule has 126 valence electrons. The maximum absolute atomic E-state index is 12.5. The van der Waals surface area contributed by atoms with Gasteiger partial charge in [0.15, 0.2) is 0 Å². The number of nitrogens with zero attached hydrogens (tertiary/aromatic N) is 3. The van der Waals surface area contributed by atoms with Gasteiger partial charge in [0.25, 0.3) is 0 Å². The molecule has 1 aromatic rings. The Balaban J connectivity index is 1.62. The minimum Gasteiger partial charge on any atom is -0.377 e. The maximum Gasteiger partial charge on any atom is 0.236 e. The summed E-state index contributed by atoms with van der Waals surface area (Å²) in [5.41, 5.74) is 1.07. The highest BCUT2D eigenvalue weighted by Gasteiger charge is 2.24. The summed E-state index contributed by atoms with van der Waals surface area (Å²) in [5.74, 6) is 0.224. The van der Waals surface area contributed by atoms with E-state index in [4.69, 9.17) is 16.3 Å². The second-order valence-corrected chi connectivity index (χ2v) is 6.77. The number of amides is 1. The van der Waals surface area contributed by atoms with E-state index in [1.807, 2.05) is 11.0 Å². The van der Waals surface area contributed by atoms with Crippen LogP contribution in [0.5, 0.6) is 0 Å². The number of carbonyl (C=O) groups is 1. The summed E-state index contributed by atoms with van der Waals surface area (Å²) >= 11 is 5.85. The third-order valence-corrected chi connectivity index (χ3v) is 4.72. The average Bonchev–Trinajstić information content (AvgIpc) is 3.22. The lowest BCUT2D eigenvalue weighted by Gasteiger charge is -2.27. The summed E-state index contributed by atoms with van der Waals surface area (Å²) in [7, 11) is 0. The van der Waals surface area contributed by atoms with Crippen LogP contribution in [0.4, 0.5) is 0 Å². The van der Waals surface area contributed by atoms with Crippen molar-refractivity contribution in [3.8, 4) is 0 Å². The first-order chi connectivity index (χ1) is 11.2. The molecule has 2 aliphatic heterocycles. The zero-order chi connectivity index (χ0) is 16.1. The first-order valence-corrected chi connectivity index (χ1v) is 8.80. The normalized spacial score (nSPS) is 21.3. The van der Waals surface area contributed by atoms with Gasteiger partial charge in [-0.05, 0) is 37.3 Å². The lowest BCUT2D eigenvalue weighted by atomic mass is 10.2. The lowest BCUT2D eigenvalue weighted by molar-refractivity contribution is -0.131. The number of rotatable bonds is 6. The van der Waals surface area contributed by atoms with Gasteiger partial charge < -0.3 is 9.64 Å². The van der Waals surface area contributed by atoms with E-state index in [0.29, 0.717) is 18.2 Å². The molecule has 1 amide bonds. The van der Waals surface area contributed by atoms with E-state index < -0.39 is 0 Å². The quantitative estimate of drug-likeness (QED) is 0.747. The molecule has 6 heteroatoms. The monoisotopic (exact) mass is 337 g/mol. The second-order valence-electron chi connectivity index (χ2n) is 6.38. The fourth-order valence-corrected chi connectivity index (χ4v) is 3.39. The molecule has 2 fully saturated rings. The molecule has 0 saturated carbocycles. The van der Waals surface area contributed by atoms with E-state index in [0.717, 1.165) is 57.5 Å². The number of halogens is 1. The smallest absolute Gasteiger partial charge is 0.236 e. The predicted octanol–water partition coefficient (Wildman–Crippen LogP) is 2.34. The van der Waals surface area contributed by atoms with Crippen molar-refractivity contribution in [1.29, 1.82) is 0 Å². The zero-order valence-electron chi connectivity index (χ0n) is 13.4. The molecule has 1 atom stereocenters. The first kappa shape index (κ1) is 16.7. The van der Waals surface area contributed by atoms with Crippen molar-refractivity contribution >= 4 is 17.5 Å². The number of hydrogen-bond acceptors (Lipinski definition) is 4. The number of carbonyl (C=O) groups excluding carboxylic acids is 1. The van der Waals surface area contributed by atoms with Crippen molar-refractivity contribution in [1.82, 2.24) is 14.8 Å². The molecule has 2 aliphatic rings. The van der Waals surface area contributed by atoms with Crippen LogP contribution in [-0.4, -0.2) is 59.6 Å². The standard InChI is InChI=1S/C17H24ClN3O2/c18-16-6-5-14(10-19-16)11-20(12-15-4-3-9-23-15)13-17(22)21-7-1-2-8-21/h5-6,10,15H,1-4,7-9,11-13H2. The molecule has 2 saturated heterocycles. The molecular formula is C17H24ClN3O2. The van der Waals surface area contributed by atoms with Gasteiger partial charge in [-0.2, -0.15) is 0 Å². The van der Waals surface area contributed by atoms with Crippen LogP contribution in [0.15, 0.2) is 18.3 Å². The van der Waals surface area contributed by atoms with Gasteiger partial charge in [-0.1, -0.05) is 17.7 Å². The van der Waals surface area contributed by atoms with Crippen molar-refractivity contribution in [2.24, 2.45) is 0 Å². The summed E-state index contributed by atoms with van der Waals surface area (Å²) in [4.78, 5) is 20.8. The molecule has 0 radical (unpaired) electrons. The molecule has 0 N–H and O–H groups in total. The zero-order valence-corrected chi connectivity index (χ0v) is 14.2. The Kier molecular flexibility index (Phi) is 5.86. The third-order valence-electron chi connectivity index (χ3n) is 4.50. The van der Waals surface area contributed by atoms with Crippen LogP contribution in [0.1, 0.15) is 31.2 Å². The molecule has 3 heterocycles. The van der Waals surface area contributed by atoms with E-state index in [2.05, 4.69) is 9.88 Å². The Morgan fingerprint density at radius 2 is 2.17 bits per heavy atom. The highest BCUT2D eigenvalue weighted by Crippen LogP contribution is 2.16. The van der Waals surface area contributed by atoms with Crippen LogP contribution in [0.2, 0.25) is 5.15 Å². The molecule has 0 spiro atoms. The van der Waals surface area contributed by atoms with Crippen LogP contribution < -0.4 is 0 Å². The third kappa shape index (κ3) is 4.90. The van der Waals surface area contributed by atoms with Gasteiger partial charge in [0.05, 0.1) is 12.6 Å². The first-order valence-electron chi connectivity index (χ1n) is 8.43. The minimum absolute atomic E-state index is 0.224. The van der Waals surface area contributed by atoms with Crippen molar-refractivity contribution in [3.63, 3.8) is 0 Å². The molecule has 0 bridgehead atoms. The van der Waals surface area contributed by atoms with Crippen LogP contribution in [-0.2, 0) is 16.1 Å². The molecular weight excluding hydrogens is 314 g/mol. The van der Waals surface area contributed by atoms with Gasteiger partial charge in [-0.15, -0.1) is 0 Å². The van der Waals surface area contributed by atoms with E-state index in [1.165, 1.54) is 0 Å². The molecule has 5 nitrogen and oxygen atoms in total. The summed E-state index contributed by atoms with van der Waals surface area (Å²) in [5, 5.41) is 0.493. The van der Waals surface area contributed by atoms with Gasteiger partial charge in [0, 0.05) is 39.0 Å². The van der Waals surface area contributed by atoms with Gasteiger partial charge in [0.2, 0.25) is 5.91 Å². The lowest BCUT2D eigenvalue weighted by Crippen LogP contribution is -2.41. The van der Waals surface area contributed by atoms with Crippen molar-refractivity contribution in [2.75, 3.05) is 32.8 Å². The Bertz CT molecular complexity index is 511. The predicted molar refractivity (Wildman–Crippen MR) is 89.3 cm³/mol. The summed E-state index contributed by atoms with van der Waals surface area (Å²) in [6, 6.07) is 3.77. The van der Waals surface area contributed by atoms with E-state index in [1.54, 1.807) is 12.3 Å². The fraction of sp³-hybridized carbons (Fsp3) is 0.647. The van der Waals surface area contributed by atoms with Crippen molar-refractivity contribution in [3.05, 3.63) is 29.0 Å². The topological polar surface area (TPSA) is 45.7 Å². The Morgan fingerprint density at radius 1 is 1.35 bits per heavy atom. The summed E-state index contributed by atoms with van der Waals surface area (Å²) in [6.45, 7) is 4.57. The highest BCUT2D eigenvalue weighted by atomic mass is 35.5. The van der Waals surface area contributed by atoms with Crippen molar-refractivity contribution < 1.29 is 9.53 Å². The van der Waals surface area contributed by atoms with Gasteiger partial charge in [-0.3, -0.25) is 9.69 Å². The molecule has 1 unspecified atom stereocenters. The summed E-state index contributed by atoms with van der Waals surface area (Å²) < 4.78 is 5.74.